The average molecular weight is 330 g/mol. The molecule has 0 radical (unpaired) electrons. The Morgan fingerprint density at radius 3 is 1.88 bits per heavy atom. The molecule has 0 heterocycles. The Hall–Kier alpha value is -2.89. The number of hydrazone groups is 1. The first-order valence-electron chi connectivity index (χ1n) is 7.36. The maximum Gasteiger partial charge on any atom is 0.161 e. The quantitative estimate of drug-likeness (QED) is 0.480. The van der Waals surface area contributed by atoms with Crippen molar-refractivity contribution < 1.29 is 18.9 Å². The van der Waals surface area contributed by atoms with Crippen LogP contribution in [0.3, 0.4) is 0 Å². The normalized spacial score (nSPS) is 11.1. The van der Waals surface area contributed by atoms with E-state index < -0.39 is 0 Å². The van der Waals surface area contributed by atoms with E-state index in [0.29, 0.717) is 29.4 Å². The van der Waals surface area contributed by atoms with Gasteiger partial charge in [-0.05, 0) is 35.9 Å². The predicted octanol–water partition coefficient (Wildman–Crippen LogP) is 2.63. The number of ether oxygens (including phenoxy) is 4. The summed E-state index contributed by atoms with van der Waals surface area (Å²) in [6.07, 6.45) is 0.548. The second kappa shape index (κ2) is 8.10. The second-order valence-corrected chi connectivity index (χ2v) is 5.01. The summed E-state index contributed by atoms with van der Waals surface area (Å²) < 4.78 is 21.2. The fourth-order valence-electron chi connectivity index (χ4n) is 2.42. The Labute approximate surface area is 141 Å². The van der Waals surface area contributed by atoms with Crippen molar-refractivity contribution in [2.24, 2.45) is 10.9 Å². The van der Waals surface area contributed by atoms with E-state index in [2.05, 4.69) is 5.10 Å². The topological polar surface area (TPSA) is 75.3 Å². The van der Waals surface area contributed by atoms with E-state index in [1.165, 1.54) is 0 Å². The van der Waals surface area contributed by atoms with Gasteiger partial charge in [-0.25, -0.2) is 0 Å². The molecule has 2 aromatic rings. The Bertz CT molecular complexity index is 729. The fraction of sp³-hybridized carbons (Fsp3) is 0.278. The molecule has 0 aliphatic heterocycles. The third-order valence-corrected chi connectivity index (χ3v) is 3.69. The fourth-order valence-corrected chi connectivity index (χ4v) is 2.42. The van der Waals surface area contributed by atoms with Crippen LogP contribution in [-0.4, -0.2) is 34.2 Å². The highest BCUT2D eigenvalue weighted by Crippen LogP contribution is 2.30. The van der Waals surface area contributed by atoms with Crippen molar-refractivity contribution in [3.05, 3.63) is 47.5 Å². The van der Waals surface area contributed by atoms with Gasteiger partial charge in [0.05, 0.1) is 34.2 Å². The van der Waals surface area contributed by atoms with Crippen LogP contribution in [0.1, 0.15) is 11.1 Å². The summed E-state index contributed by atoms with van der Waals surface area (Å²) in [6.45, 7) is 0. The summed E-state index contributed by atoms with van der Waals surface area (Å²) >= 11 is 0. The summed E-state index contributed by atoms with van der Waals surface area (Å²) in [5, 5.41) is 3.93. The molecule has 0 atom stereocenters. The zero-order chi connectivity index (χ0) is 17.5. The van der Waals surface area contributed by atoms with E-state index in [1.54, 1.807) is 28.4 Å². The third kappa shape index (κ3) is 3.71. The van der Waals surface area contributed by atoms with E-state index in [9.17, 15) is 0 Å². The van der Waals surface area contributed by atoms with Crippen LogP contribution in [0.4, 0.5) is 0 Å². The third-order valence-electron chi connectivity index (χ3n) is 3.69. The Morgan fingerprint density at radius 1 is 0.792 bits per heavy atom. The largest absolute Gasteiger partial charge is 0.493 e. The molecule has 0 saturated heterocycles. The lowest BCUT2D eigenvalue weighted by Gasteiger charge is -2.12. The zero-order valence-corrected chi connectivity index (χ0v) is 14.3. The first-order valence-corrected chi connectivity index (χ1v) is 7.36. The number of hydrogen-bond donors (Lipinski definition) is 1. The summed E-state index contributed by atoms with van der Waals surface area (Å²) in [4.78, 5) is 0. The summed E-state index contributed by atoms with van der Waals surface area (Å²) in [6, 6.07) is 11.3. The minimum absolute atomic E-state index is 0.548. The lowest BCUT2D eigenvalue weighted by molar-refractivity contribution is 0.354. The molecular formula is C18H22N2O4. The van der Waals surface area contributed by atoms with Crippen molar-refractivity contribution in [3.63, 3.8) is 0 Å². The predicted molar refractivity (Wildman–Crippen MR) is 93.5 cm³/mol. The van der Waals surface area contributed by atoms with Crippen molar-refractivity contribution in [1.82, 2.24) is 0 Å². The SMILES string of the molecule is COc1ccc(C/C(=N\N)c2ccc(OC)c(OC)c2)cc1OC. The van der Waals surface area contributed by atoms with E-state index in [1.807, 2.05) is 36.4 Å². The van der Waals surface area contributed by atoms with Crippen LogP contribution in [0.25, 0.3) is 0 Å². The molecular weight excluding hydrogens is 308 g/mol. The molecule has 0 bridgehead atoms. The first-order chi connectivity index (χ1) is 11.7. The summed E-state index contributed by atoms with van der Waals surface area (Å²) in [7, 11) is 6.40. The standard InChI is InChI=1S/C18H22N2O4/c1-21-15-7-5-12(10-17(15)23-3)9-14(20-19)13-6-8-16(22-2)18(11-13)24-4/h5-8,10-11H,9,19H2,1-4H3/b20-14+. The molecule has 0 amide bonds. The molecule has 0 aliphatic rings. The van der Waals surface area contributed by atoms with Gasteiger partial charge in [-0.3, -0.25) is 0 Å². The number of hydrogen-bond acceptors (Lipinski definition) is 6. The molecule has 2 aromatic carbocycles. The van der Waals surface area contributed by atoms with Crippen LogP contribution in [0.15, 0.2) is 41.5 Å². The Balaban J connectivity index is 2.30. The van der Waals surface area contributed by atoms with Gasteiger partial charge >= 0.3 is 0 Å². The smallest absolute Gasteiger partial charge is 0.161 e. The molecule has 0 spiro atoms. The van der Waals surface area contributed by atoms with Gasteiger partial charge in [0.25, 0.3) is 0 Å². The van der Waals surface area contributed by atoms with Gasteiger partial charge in [0.15, 0.2) is 23.0 Å². The van der Waals surface area contributed by atoms with Crippen molar-refractivity contribution in [3.8, 4) is 23.0 Å². The molecule has 6 heteroatoms. The maximum absolute atomic E-state index is 5.60. The molecule has 0 aromatic heterocycles. The van der Waals surface area contributed by atoms with Gasteiger partial charge < -0.3 is 24.8 Å². The Morgan fingerprint density at radius 2 is 1.33 bits per heavy atom. The number of rotatable bonds is 7. The summed E-state index contributed by atoms with van der Waals surface area (Å²) in [5.41, 5.74) is 2.60. The van der Waals surface area contributed by atoms with Crippen LogP contribution in [-0.2, 0) is 6.42 Å². The first kappa shape index (κ1) is 17.5. The Kier molecular flexibility index (Phi) is 5.89. The van der Waals surface area contributed by atoms with Crippen molar-refractivity contribution in [1.29, 1.82) is 0 Å². The summed E-state index contributed by atoms with van der Waals surface area (Å²) in [5.74, 6) is 8.23. The highest BCUT2D eigenvalue weighted by molar-refractivity contribution is 6.02. The van der Waals surface area contributed by atoms with E-state index in [-0.39, 0.29) is 0 Å². The van der Waals surface area contributed by atoms with Gasteiger partial charge in [0, 0.05) is 12.0 Å². The minimum Gasteiger partial charge on any atom is -0.493 e. The number of nitrogens with zero attached hydrogens (tertiary/aromatic N) is 1. The minimum atomic E-state index is 0.548. The molecule has 0 aliphatic carbocycles. The molecule has 0 saturated carbocycles. The van der Waals surface area contributed by atoms with Crippen LogP contribution >= 0.6 is 0 Å². The molecule has 2 rings (SSSR count). The van der Waals surface area contributed by atoms with Gasteiger partial charge in [0.1, 0.15) is 0 Å². The molecule has 0 unspecified atom stereocenters. The van der Waals surface area contributed by atoms with Crippen LogP contribution in [0.2, 0.25) is 0 Å². The van der Waals surface area contributed by atoms with Gasteiger partial charge in [-0.2, -0.15) is 5.10 Å². The van der Waals surface area contributed by atoms with Gasteiger partial charge in [0.2, 0.25) is 0 Å². The molecule has 6 nitrogen and oxygen atoms in total. The highest BCUT2D eigenvalue weighted by Gasteiger charge is 2.12. The van der Waals surface area contributed by atoms with Crippen molar-refractivity contribution in [2.45, 2.75) is 6.42 Å². The number of nitrogens with two attached hydrogens (primary N) is 1. The lowest BCUT2D eigenvalue weighted by atomic mass is 10.0. The monoisotopic (exact) mass is 330 g/mol. The maximum atomic E-state index is 5.60. The van der Waals surface area contributed by atoms with Crippen LogP contribution < -0.4 is 24.8 Å². The zero-order valence-electron chi connectivity index (χ0n) is 14.3. The van der Waals surface area contributed by atoms with Crippen molar-refractivity contribution >= 4 is 5.71 Å². The van der Waals surface area contributed by atoms with Gasteiger partial charge in [-0.15, -0.1) is 0 Å². The van der Waals surface area contributed by atoms with E-state index in [0.717, 1.165) is 16.8 Å². The molecule has 24 heavy (non-hydrogen) atoms. The number of benzene rings is 2. The average Bonchev–Trinajstić information content (AvgIpc) is 2.65. The lowest BCUT2D eigenvalue weighted by Crippen LogP contribution is -2.09. The highest BCUT2D eigenvalue weighted by atomic mass is 16.5. The van der Waals surface area contributed by atoms with Crippen LogP contribution in [0, 0.1) is 0 Å². The molecule has 0 fully saturated rings. The second-order valence-electron chi connectivity index (χ2n) is 5.01. The van der Waals surface area contributed by atoms with Crippen molar-refractivity contribution in [2.75, 3.05) is 28.4 Å². The van der Waals surface area contributed by atoms with E-state index >= 15 is 0 Å². The van der Waals surface area contributed by atoms with Gasteiger partial charge in [-0.1, -0.05) is 6.07 Å². The molecule has 128 valence electrons. The van der Waals surface area contributed by atoms with Crippen LogP contribution in [0.5, 0.6) is 23.0 Å². The van der Waals surface area contributed by atoms with E-state index in [4.69, 9.17) is 24.8 Å². The number of methoxy groups -OCH3 is 4. The molecule has 2 N–H and O–H groups in total.